The van der Waals surface area contributed by atoms with Crippen LogP contribution >= 0.6 is 0 Å². The third-order valence-corrected chi connectivity index (χ3v) is 6.28. The van der Waals surface area contributed by atoms with Crippen molar-refractivity contribution in [1.29, 1.82) is 0 Å². The summed E-state index contributed by atoms with van der Waals surface area (Å²) in [5, 5.41) is 28.4. The van der Waals surface area contributed by atoms with E-state index >= 15 is 0 Å². The van der Waals surface area contributed by atoms with Crippen LogP contribution in [0.25, 0.3) is 33.2 Å². The number of benzene rings is 2. The monoisotopic (exact) mass is 484 g/mol. The molecule has 0 fully saturated rings. The summed E-state index contributed by atoms with van der Waals surface area (Å²) in [4.78, 5) is 8.96. The third kappa shape index (κ3) is 4.66. The van der Waals surface area contributed by atoms with Crippen LogP contribution in [0.5, 0.6) is 5.75 Å². The number of nitrogens with one attached hydrogen (secondary N) is 1. The second-order valence-corrected chi connectivity index (χ2v) is 8.71. The number of nitrogens with zero attached hydrogens (tertiary/aromatic N) is 5. The first-order chi connectivity index (χ1) is 17.4. The zero-order valence-electron chi connectivity index (χ0n) is 20.4. The van der Waals surface area contributed by atoms with Crippen LogP contribution in [0.1, 0.15) is 5.82 Å². The molecule has 9 nitrogen and oxygen atoms in total. The van der Waals surface area contributed by atoms with Crippen LogP contribution in [0.4, 0.5) is 11.5 Å². The second kappa shape index (κ2) is 9.80. The maximum atomic E-state index is 9.67. The van der Waals surface area contributed by atoms with E-state index in [1.54, 1.807) is 18.0 Å². The number of aliphatic hydroxyl groups excluding tert-OH is 2. The maximum Gasteiger partial charge on any atom is 0.143 e. The number of hydrogen-bond acceptors (Lipinski definition) is 7. The van der Waals surface area contributed by atoms with Gasteiger partial charge in [0, 0.05) is 36.0 Å². The quantitative estimate of drug-likeness (QED) is 0.306. The van der Waals surface area contributed by atoms with Crippen molar-refractivity contribution in [3.05, 3.63) is 73.1 Å². The van der Waals surface area contributed by atoms with Gasteiger partial charge >= 0.3 is 0 Å². The number of pyridine rings is 1. The minimum Gasteiger partial charge on any atom is -0.495 e. The normalized spacial score (nSPS) is 12.1. The minimum atomic E-state index is -0.839. The van der Waals surface area contributed by atoms with Gasteiger partial charge in [0.1, 0.15) is 17.4 Å². The number of hydrogen-bond donors (Lipinski definition) is 3. The fourth-order valence-electron chi connectivity index (χ4n) is 4.14. The first-order valence-electron chi connectivity index (χ1n) is 11.6. The molecule has 3 aromatic heterocycles. The highest BCUT2D eigenvalue weighted by molar-refractivity contribution is 5.89. The fourth-order valence-corrected chi connectivity index (χ4v) is 4.14. The van der Waals surface area contributed by atoms with Crippen LogP contribution in [0, 0.1) is 6.92 Å². The molecule has 36 heavy (non-hydrogen) atoms. The van der Waals surface area contributed by atoms with E-state index in [0.717, 1.165) is 44.7 Å². The van der Waals surface area contributed by atoms with Crippen LogP contribution in [0.15, 0.2) is 67.3 Å². The molecule has 184 valence electrons. The average molecular weight is 485 g/mol. The first-order valence-corrected chi connectivity index (χ1v) is 11.6. The first kappa shape index (κ1) is 23.5. The van der Waals surface area contributed by atoms with Gasteiger partial charge in [-0.2, -0.15) is 5.10 Å². The van der Waals surface area contributed by atoms with Crippen molar-refractivity contribution in [3.63, 3.8) is 0 Å². The number of aromatic nitrogens is 5. The minimum absolute atomic E-state index is 0.239. The Hall–Kier alpha value is -4.21. The summed E-state index contributed by atoms with van der Waals surface area (Å²) in [5.41, 5.74) is 4.77. The molecule has 0 aliphatic carbocycles. The van der Waals surface area contributed by atoms with E-state index in [1.165, 1.54) is 0 Å². The van der Waals surface area contributed by atoms with Crippen molar-refractivity contribution in [1.82, 2.24) is 24.3 Å². The molecule has 0 saturated heterocycles. The molecule has 0 radical (unpaired) electrons. The fraction of sp³-hybridized carbons (Fsp3) is 0.222. The Balaban J connectivity index is 1.41. The van der Waals surface area contributed by atoms with Gasteiger partial charge in [-0.15, -0.1) is 0 Å². The molecule has 1 atom stereocenters. The van der Waals surface area contributed by atoms with Crippen LogP contribution < -0.4 is 10.1 Å². The highest BCUT2D eigenvalue weighted by atomic mass is 16.5. The van der Waals surface area contributed by atoms with Crippen LogP contribution in [-0.4, -0.2) is 54.3 Å². The Morgan fingerprint density at radius 1 is 0.972 bits per heavy atom. The smallest absolute Gasteiger partial charge is 0.143 e. The van der Waals surface area contributed by atoms with E-state index in [4.69, 9.17) is 9.84 Å². The molecule has 0 aliphatic heterocycles. The van der Waals surface area contributed by atoms with E-state index in [9.17, 15) is 5.11 Å². The molecule has 9 heteroatoms. The number of anilines is 2. The van der Waals surface area contributed by atoms with Gasteiger partial charge in [-0.3, -0.25) is 4.68 Å². The van der Waals surface area contributed by atoms with Crippen molar-refractivity contribution >= 4 is 22.3 Å². The standard InChI is InChI=1S/C27H28N6O3/c1-17-28-13-25(32(17)2)19-6-7-24(26(9-19)36-3)31-27-10-21-8-18(4-5-20(21)11-29-27)22-12-30-33(14-22)15-23(35)16-34/h4-14,23,34-35H,15-16H2,1-3H3,(H,29,31). The lowest BCUT2D eigenvalue weighted by Crippen LogP contribution is -2.19. The number of methoxy groups -OCH3 is 1. The molecule has 0 saturated carbocycles. The van der Waals surface area contributed by atoms with E-state index in [2.05, 4.69) is 26.4 Å². The maximum absolute atomic E-state index is 9.67. The van der Waals surface area contributed by atoms with Crippen molar-refractivity contribution in [2.75, 3.05) is 19.0 Å². The zero-order chi connectivity index (χ0) is 25.2. The predicted molar refractivity (Wildman–Crippen MR) is 139 cm³/mol. The molecular weight excluding hydrogens is 456 g/mol. The summed E-state index contributed by atoms with van der Waals surface area (Å²) in [5.74, 6) is 2.35. The summed E-state index contributed by atoms with van der Waals surface area (Å²) in [6, 6.07) is 14.1. The number of fused-ring (bicyclic) bond motifs is 1. The molecule has 0 spiro atoms. The number of aryl methyl sites for hydroxylation is 1. The molecule has 5 aromatic rings. The topological polar surface area (TPSA) is 110 Å². The number of aliphatic hydroxyl groups is 2. The SMILES string of the molecule is COc1cc(-c2cnc(C)n2C)ccc1Nc1cc2cc(-c3cnn(CC(O)CO)c3)ccc2cn1. The Bertz CT molecular complexity index is 1520. The van der Waals surface area contributed by atoms with Crippen molar-refractivity contribution < 1.29 is 14.9 Å². The summed E-state index contributed by atoms with van der Waals surface area (Å²) < 4.78 is 9.34. The Morgan fingerprint density at radius 3 is 2.56 bits per heavy atom. The van der Waals surface area contributed by atoms with Crippen molar-refractivity contribution in [2.24, 2.45) is 7.05 Å². The lowest BCUT2D eigenvalue weighted by atomic mass is 10.0. The molecule has 0 amide bonds. The number of imidazole rings is 1. The molecule has 3 N–H and O–H groups in total. The van der Waals surface area contributed by atoms with Gasteiger partial charge in [0.2, 0.25) is 0 Å². The molecule has 1 unspecified atom stereocenters. The van der Waals surface area contributed by atoms with Gasteiger partial charge in [0.25, 0.3) is 0 Å². The summed E-state index contributed by atoms with van der Waals surface area (Å²) in [7, 11) is 3.64. The molecular formula is C27H28N6O3. The van der Waals surface area contributed by atoms with Gasteiger partial charge in [-0.1, -0.05) is 18.2 Å². The van der Waals surface area contributed by atoms with Crippen molar-refractivity contribution in [3.8, 4) is 28.1 Å². The van der Waals surface area contributed by atoms with E-state index in [0.29, 0.717) is 11.6 Å². The van der Waals surface area contributed by atoms with Gasteiger partial charge in [0.15, 0.2) is 0 Å². The second-order valence-electron chi connectivity index (χ2n) is 8.71. The van der Waals surface area contributed by atoms with Crippen LogP contribution in [0.2, 0.25) is 0 Å². The Labute approximate surface area is 208 Å². The van der Waals surface area contributed by atoms with E-state index in [-0.39, 0.29) is 13.2 Å². The van der Waals surface area contributed by atoms with E-state index < -0.39 is 6.10 Å². The predicted octanol–water partition coefficient (Wildman–Crippen LogP) is 3.91. The van der Waals surface area contributed by atoms with Gasteiger partial charge < -0.3 is 24.8 Å². The summed E-state index contributed by atoms with van der Waals surface area (Å²) in [6.07, 6.45) is 6.46. The Morgan fingerprint density at radius 2 is 1.81 bits per heavy atom. The van der Waals surface area contributed by atoms with Gasteiger partial charge in [-0.05, 0) is 42.1 Å². The van der Waals surface area contributed by atoms with Gasteiger partial charge in [-0.25, -0.2) is 9.97 Å². The number of rotatable bonds is 8. The Kier molecular flexibility index (Phi) is 6.41. The lowest BCUT2D eigenvalue weighted by molar-refractivity contribution is 0.0783. The lowest BCUT2D eigenvalue weighted by Gasteiger charge is -2.13. The van der Waals surface area contributed by atoms with Crippen LogP contribution in [0.3, 0.4) is 0 Å². The molecule has 3 heterocycles. The molecule has 5 rings (SSSR count). The third-order valence-electron chi connectivity index (χ3n) is 6.28. The molecule has 2 aromatic carbocycles. The zero-order valence-corrected chi connectivity index (χ0v) is 20.4. The van der Waals surface area contributed by atoms with Gasteiger partial charge in [0.05, 0.1) is 50.1 Å². The highest BCUT2D eigenvalue weighted by Gasteiger charge is 2.12. The van der Waals surface area contributed by atoms with Crippen molar-refractivity contribution in [2.45, 2.75) is 19.6 Å². The number of ether oxygens (including phenoxy) is 1. The van der Waals surface area contributed by atoms with E-state index in [1.807, 2.05) is 73.5 Å². The van der Waals surface area contributed by atoms with Crippen LogP contribution in [-0.2, 0) is 13.6 Å². The highest BCUT2D eigenvalue weighted by Crippen LogP contribution is 2.33. The molecule has 0 aliphatic rings. The largest absolute Gasteiger partial charge is 0.495 e. The molecule has 0 bridgehead atoms. The summed E-state index contributed by atoms with van der Waals surface area (Å²) in [6.45, 7) is 1.91. The summed E-state index contributed by atoms with van der Waals surface area (Å²) >= 11 is 0. The average Bonchev–Trinajstić information content (AvgIpc) is 3.50.